The fourth-order valence-corrected chi connectivity index (χ4v) is 5.45. The Morgan fingerprint density at radius 3 is 2.28 bits per heavy atom. The first kappa shape index (κ1) is 21.6. The summed E-state index contributed by atoms with van der Waals surface area (Å²) in [6.45, 7) is 6.23. The molecule has 1 spiro atoms. The second-order valence-electron chi connectivity index (χ2n) is 7.96. The molecule has 0 atom stereocenters. The molecule has 2 aliphatic rings. The van der Waals surface area contributed by atoms with Crippen molar-refractivity contribution in [3.8, 4) is 11.5 Å². The van der Waals surface area contributed by atoms with Gasteiger partial charge in [-0.05, 0) is 18.8 Å². The van der Waals surface area contributed by atoms with Gasteiger partial charge < -0.3 is 24.6 Å². The summed E-state index contributed by atoms with van der Waals surface area (Å²) in [5.41, 5.74) is 0.635. The average molecular weight is 422 g/mol. The highest BCUT2D eigenvalue weighted by Gasteiger charge is 2.46. The lowest BCUT2D eigenvalue weighted by Gasteiger charge is -2.44. The van der Waals surface area contributed by atoms with Crippen LogP contribution in [0.2, 0.25) is 0 Å². The third-order valence-corrected chi connectivity index (χ3v) is 7.05. The second kappa shape index (κ2) is 9.15. The van der Waals surface area contributed by atoms with Crippen LogP contribution >= 0.6 is 11.8 Å². The van der Waals surface area contributed by atoms with Gasteiger partial charge in [-0.25, -0.2) is 4.79 Å². The number of piperidine rings is 1. The number of methoxy groups -OCH3 is 2. The number of nitrogens with zero attached hydrogens (tertiary/aromatic N) is 2. The molecule has 3 rings (SSSR count). The quantitative estimate of drug-likeness (QED) is 0.786. The first-order valence-electron chi connectivity index (χ1n) is 10.1. The molecule has 2 aliphatic heterocycles. The van der Waals surface area contributed by atoms with E-state index in [-0.39, 0.29) is 16.8 Å². The number of hydrogen-bond donors (Lipinski definition) is 1. The zero-order valence-electron chi connectivity index (χ0n) is 17.7. The molecule has 0 aromatic heterocycles. The molecule has 0 aliphatic carbocycles. The molecule has 7 nitrogen and oxygen atoms in total. The minimum Gasteiger partial charge on any atom is -0.497 e. The largest absolute Gasteiger partial charge is 0.497 e. The van der Waals surface area contributed by atoms with E-state index in [0.717, 1.165) is 25.1 Å². The molecule has 0 radical (unpaired) electrons. The monoisotopic (exact) mass is 421 g/mol. The van der Waals surface area contributed by atoms with Gasteiger partial charge in [-0.1, -0.05) is 13.8 Å². The maximum absolute atomic E-state index is 12.8. The van der Waals surface area contributed by atoms with Crippen LogP contribution in [0.5, 0.6) is 11.5 Å². The fraction of sp³-hybridized carbons (Fsp3) is 0.619. The predicted octanol–water partition coefficient (Wildman–Crippen LogP) is 3.65. The van der Waals surface area contributed by atoms with Crippen molar-refractivity contribution >= 4 is 29.4 Å². The number of hydrogen-bond acceptors (Lipinski definition) is 5. The molecular weight excluding hydrogens is 390 g/mol. The maximum atomic E-state index is 12.8. The molecule has 3 amide bonds. The van der Waals surface area contributed by atoms with Crippen molar-refractivity contribution in [2.24, 2.45) is 5.92 Å². The molecular formula is C21H31N3O4S. The minimum atomic E-state index is -0.151. The number of urea groups is 1. The molecule has 2 heterocycles. The lowest BCUT2D eigenvalue weighted by Crippen LogP contribution is -2.54. The van der Waals surface area contributed by atoms with Gasteiger partial charge in [0, 0.05) is 55.7 Å². The van der Waals surface area contributed by atoms with E-state index in [2.05, 4.69) is 24.1 Å². The summed E-state index contributed by atoms with van der Waals surface area (Å²) in [6, 6.07) is 5.16. The van der Waals surface area contributed by atoms with Crippen LogP contribution in [0.3, 0.4) is 0 Å². The van der Waals surface area contributed by atoms with Crippen LogP contribution in [0.4, 0.5) is 10.5 Å². The van der Waals surface area contributed by atoms with Crippen molar-refractivity contribution in [2.75, 3.05) is 44.9 Å². The van der Waals surface area contributed by atoms with Crippen molar-refractivity contribution in [2.45, 2.75) is 38.0 Å². The van der Waals surface area contributed by atoms with Crippen molar-refractivity contribution in [1.82, 2.24) is 9.80 Å². The molecule has 160 valence electrons. The molecule has 1 aromatic rings. The van der Waals surface area contributed by atoms with Crippen LogP contribution in [0.25, 0.3) is 0 Å². The Labute approximate surface area is 177 Å². The Balaban J connectivity index is 1.61. The number of nitrogens with one attached hydrogen (secondary N) is 1. The number of benzene rings is 1. The molecule has 2 saturated heterocycles. The highest BCUT2D eigenvalue weighted by atomic mass is 32.2. The topological polar surface area (TPSA) is 71.1 Å². The maximum Gasteiger partial charge on any atom is 0.321 e. The molecule has 0 unspecified atom stereocenters. The Hall–Kier alpha value is -2.09. The SMILES string of the molecule is COc1cc(NC(=O)N2CCC3(CC2)SCCN3C(=O)CC(C)C)cc(OC)c1. The predicted molar refractivity (Wildman–Crippen MR) is 116 cm³/mol. The van der Waals surface area contributed by atoms with E-state index < -0.39 is 0 Å². The number of amides is 3. The van der Waals surface area contributed by atoms with Crippen LogP contribution in [-0.4, -0.2) is 66.2 Å². The third kappa shape index (κ3) is 4.91. The summed E-state index contributed by atoms with van der Waals surface area (Å²) >= 11 is 1.87. The third-order valence-electron chi connectivity index (χ3n) is 5.50. The van der Waals surface area contributed by atoms with E-state index >= 15 is 0 Å². The lowest BCUT2D eigenvalue weighted by atomic mass is 10.0. The Bertz CT molecular complexity index is 725. The zero-order valence-corrected chi connectivity index (χ0v) is 18.5. The van der Waals surface area contributed by atoms with E-state index in [9.17, 15) is 9.59 Å². The summed E-state index contributed by atoms with van der Waals surface area (Å²) < 4.78 is 10.5. The molecule has 0 saturated carbocycles. The van der Waals surface area contributed by atoms with Crippen LogP contribution in [0.15, 0.2) is 18.2 Å². The molecule has 2 fully saturated rings. The van der Waals surface area contributed by atoms with Gasteiger partial charge in [0.05, 0.1) is 19.1 Å². The van der Waals surface area contributed by atoms with Crippen LogP contribution in [-0.2, 0) is 4.79 Å². The van der Waals surface area contributed by atoms with E-state index in [1.165, 1.54) is 0 Å². The Kier molecular flexibility index (Phi) is 6.82. The Morgan fingerprint density at radius 2 is 1.72 bits per heavy atom. The van der Waals surface area contributed by atoms with Crippen molar-refractivity contribution in [3.63, 3.8) is 0 Å². The zero-order chi connectivity index (χ0) is 21.0. The van der Waals surface area contributed by atoms with Crippen LogP contribution < -0.4 is 14.8 Å². The number of ether oxygens (including phenoxy) is 2. The fourth-order valence-electron chi connectivity index (χ4n) is 3.98. The van der Waals surface area contributed by atoms with Gasteiger partial charge in [0.15, 0.2) is 0 Å². The van der Waals surface area contributed by atoms with Crippen LogP contribution in [0, 0.1) is 5.92 Å². The molecule has 0 bridgehead atoms. The first-order chi connectivity index (χ1) is 13.9. The molecule has 1 aromatic carbocycles. The van der Waals surface area contributed by atoms with E-state index in [0.29, 0.717) is 42.6 Å². The summed E-state index contributed by atoms with van der Waals surface area (Å²) in [7, 11) is 3.16. The second-order valence-corrected chi connectivity index (χ2v) is 9.41. The Morgan fingerprint density at radius 1 is 1.10 bits per heavy atom. The van der Waals surface area contributed by atoms with Crippen molar-refractivity contribution in [3.05, 3.63) is 18.2 Å². The normalized spacial score (nSPS) is 18.2. The highest BCUT2D eigenvalue weighted by molar-refractivity contribution is 8.00. The average Bonchev–Trinajstić information content (AvgIpc) is 3.10. The summed E-state index contributed by atoms with van der Waals surface area (Å²) in [4.78, 5) is 29.2. The smallest absolute Gasteiger partial charge is 0.321 e. The number of anilines is 1. The number of carbonyl (C=O) groups is 2. The van der Waals surface area contributed by atoms with Crippen LogP contribution in [0.1, 0.15) is 33.1 Å². The van der Waals surface area contributed by atoms with Gasteiger partial charge in [0.25, 0.3) is 0 Å². The van der Waals surface area contributed by atoms with E-state index in [1.807, 2.05) is 16.7 Å². The van der Waals surface area contributed by atoms with Gasteiger partial charge >= 0.3 is 6.03 Å². The first-order valence-corrected chi connectivity index (χ1v) is 11.1. The van der Waals surface area contributed by atoms with E-state index in [4.69, 9.17) is 9.47 Å². The van der Waals surface area contributed by atoms with Gasteiger partial charge in [-0.2, -0.15) is 0 Å². The van der Waals surface area contributed by atoms with Gasteiger partial charge in [0.1, 0.15) is 11.5 Å². The summed E-state index contributed by atoms with van der Waals surface area (Å²) in [5.74, 6) is 2.82. The number of thioether (sulfide) groups is 1. The van der Waals surface area contributed by atoms with Crippen molar-refractivity contribution in [1.29, 1.82) is 0 Å². The lowest BCUT2D eigenvalue weighted by molar-refractivity contribution is -0.135. The van der Waals surface area contributed by atoms with Gasteiger partial charge in [-0.15, -0.1) is 11.8 Å². The number of carbonyl (C=O) groups excluding carboxylic acids is 2. The molecule has 1 N–H and O–H groups in total. The van der Waals surface area contributed by atoms with Gasteiger partial charge in [-0.3, -0.25) is 4.79 Å². The number of likely N-dealkylation sites (tertiary alicyclic amines) is 1. The molecule has 8 heteroatoms. The number of rotatable bonds is 5. The summed E-state index contributed by atoms with van der Waals surface area (Å²) in [6.07, 6.45) is 2.19. The van der Waals surface area contributed by atoms with Crippen molar-refractivity contribution < 1.29 is 19.1 Å². The van der Waals surface area contributed by atoms with Gasteiger partial charge in [0.2, 0.25) is 5.91 Å². The van der Waals surface area contributed by atoms with E-state index in [1.54, 1.807) is 32.4 Å². The highest BCUT2D eigenvalue weighted by Crippen LogP contribution is 2.44. The standard InChI is InChI=1S/C21H31N3O4S/c1-15(2)11-19(25)24-9-10-29-21(24)5-7-23(8-6-21)20(26)22-16-12-17(27-3)14-18(13-16)28-4/h12-15H,5-11H2,1-4H3,(H,22,26). The minimum absolute atomic E-state index is 0.141. The molecule has 29 heavy (non-hydrogen) atoms. The summed E-state index contributed by atoms with van der Waals surface area (Å²) in [5, 5.41) is 2.94.